The van der Waals surface area contributed by atoms with Crippen molar-refractivity contribution < 1.29 is 22.3 Å². The first kappa shape index (κ1) is 18.4. The first-order valence-corrected chi connectivity index (χ1v) is 7.52. The molecule has 0 atom stereocenters. The van der Waals surface area contributed by atoms with Crippen molar-refractivity contribution in [3.63, 3.8) is 0 Å². The topological polar surface area (TPSA) is 82.8 Å². The van der Waals surface area contributed by atoms with Crippen LogP contribution in [0.1, 0.15) is 5.69 Å². The molecule has 0 bridgehead atoms. The Balaban J connectivity index is 1.80. The molecule has 0 unspecified atom stereocenters. The van der Waals surface area contributed by atoms with E-state index in [0.29, 0.717) is 17.0 Å². The van der Waals surface area contributed by atoms with E-state index >= 15 is 0 Å². The predicted octanol–water partition coefficient (Wildman–Crippen LogP) is 2.22. The van der Waals surface area contributed by atoms with E-state index in [-0.39, 0.29) is 6.54 Å². The van der Waals surface area contributed by atoms with Gasteiger partial charge in [-0.3, -0.25) is 4.79 Å². The molecule has 0 saturated carbocycles. The number of nitrogens with zero attached hydrogens (tertiary/aromatic N) is 5. The molecule has 0 aliphatic carbocycles. The van der Waals surface area contributed by atoms with E-state index in [2.05, 4.69) is 24.8 Å². The maximum Gasteiger partial charge on any atom is 0.422 e. The van der Waals surface area contributed by atoms with Crippen molar-refractivity contribution in [1.29, 1.82) is 0 Å². The van der Waals surface area contributed by atoms with E-state index in [1.165, 1.54) is 36.7 Å². The zero-order valence-electron chi connectivity index (χ0n) is 13.5. The number of rotatable bonds is 5. The van der Waals surface area contributed by atoms with Crippen molar-refractivity contribution in [3.8, 4) is 17.3 Å². The van der Waals surface area contributed by atoms with Crippen LogP contribution in [0.5, 0.6) is 6.01 Å². The van der Waals surface area contributed by atoms with Crippen LogP contribution in [0.15, 0.2) is 47.5 Å². The average molecular weight is 381 g/mol. The van der Waals surface area contributed by atoms with Crippen molar-refractivity contribution in [1.82, 2.24) is 24.7 Å². The second-order valence-electron chi connectivity index (χ2n) is 5.32. The largest absolute Gasteiger partial charge is 0.454 e. The highest BCUT2D eigenvalue weighted by Gasteiger charge is 2.28. The highest BCUT2D eigenvalue weighted by Crippen LogP contribution is 2.18. The first-order chi connectivity index (χ1) is 12.8. The first-order valence-electron chi connectivity index (χ1n) is 7.52. The molecule has 140 valence electrons. The van der Waals surface area contributed by atoms with Gasteiger partial charge >= 0.3 is 12.2 Å². The van der Waals surface area contributed by atoms with Gasteiger partial charge in [-0.1, -0.05) is 6.07 Å². The third-order valence-corrected chi connectivity index (χ3v) is 3.24. The summed E-state index contributed by atoms with van der Waals surface area (Å²) in [4.78, 5) is 23.0. The van der Waals surface area contributed by atoms with Crippen LogP contribution < -0.4 is 10.3 Å². The molecular formula is C16H11F4N5O2. The van der Waals surface area contributed by atoms with Gasteiger partial charge in [0.05, 0.1) is 17.9 Å². The molecule has 0 aromatic carbocycles. The minimum Gasteiger partial charge on any atom is -0.454 e. The zero-order chi connectivity index (χ0) is 19.4. The van der Waals surface area contributed by atoms with Crippen LogP contribution in [0.4, 0.5) is 17.6 Å². The Labute approximate surface area is 149 Å². The Kier molecular flexibility index (Phi) is 5.10. The minimum absolute atomic E-state index is 0.0575. The van der Waals surface area contributed by atoms with Crippen molar-refractivity contribution in [3.05, 3.63) is 64.7 Å². The fourth-order valence-corrected chi connectivity index (χ4v) is 2.08. The summed E-state index contributed by atoms with van der Waals surface area (Å²) in [6, 6.07) is 6.39. The van der Waals surface area contributed by atoms with E-state index in [9.17, 15) is 22.4 Å². The van der Waals surface area contributed by atoms with E-state index in [1.807, 2.05) is 0 Å². The number of ether oxygens (including phenoxy) is 1. The molecule has 11 heteroatoms. The second-order valence-corrected chi connectivity index (χ2v) is 5.32. The van der Waals surface area contributed by atoms with Crippen LogP contribution in [0.2, 0.25) is 0 Å². The Morgan fingerprint density at radius 1 is 1.07 bits per heavy atom. The summed E-state index contributed by atoms with van der Waals surface area (Å²) in [7, 11) is 0. The van der Waals surface area contributed by atoms with E-state index in [1.54, 1.807) is 6.07 Å². The van der Waals surface area contributed by atoms with Gasteiger partial charge in [-0.2, -0.15) is 22.7 Å². The molecular weight excluding hydrogens is 370 g/mol. The zero-order valence-corrected chi connectivity index (χ0v) is 13.5. The van der Waals surface area contributed by atoms with Gasteiger partial charge in [0, 0.05) is 24.0 Å². The average Bonchev–Trinajstić information content (AvgIpc) is 2.62. The van der Waals surface area contributed by atoms with Crippen molar-refractivity contribution in [2.24, 2.45) is 0 Å². The summed E-state index contributed by atoms with van der Waals surface area (Å²) in [6.45, 7) is -1.56. The number of hydrogen-bond donors (Lipinski definition) is 0. The lowest BCUT2D eigenvalue weighted by Crippen LogP contribution is -2.23. The molecule has 3 heterocycles. The molecule has 3 aromatic rings. The monoisotopic (exact) mass is 381 g/mol. The summed E-state index contributed by atoms with van der Waals surface area (Å²) in [5.74, 6) is -0.681. The lowest BCUT2D eigenvalue weighted by atomic mass is 10.2. The Morgan fingerprint density at radius 2 is 1.81 bits per heavy atom. The van der Waals surface area contributed by atoms with Crippen LogP contribution in [-0.2, 0) is 6.54 Å². The van der Waals surface area contributed by atoms with Crippen molar-refractivity contribution in [2.75, 3.05) is 6.61 Å². The number of hydrogen-bond acceptors (Lipinski definition) is 6. The Morgan fingerprint density at radius 3 is 2.48 bits per heavy atom. The molecule has 0 saturated heterocycles. The summed E-state index contributed by atoms with van der Waals surface area (Å²) >= 11 is 0. The molecule has 3 rings (SSSR count). The van der Waals surface area contributed by atoms with E-state index in [4.69, 9.17) is 0 Å². The summed E-state index contributed by atoms with van der Waals surface area (Å²) in [5.41, 5.74) is 0.522. The highest BCUT2D eigenvalue weighted by atomic mass is 19.4. The third-order valence-electron chi connectivity index (χ3n) is 3.24. The quantitative estimate of drug-likeness (QED) is 0.498. The normalized spacial score (nSPS) is 11.4. The van der Waals surface area contributed by atoms with Gasteiger partial charge in [0.25, 0.3) is 5.56 Å². The van der Waals surface area contributed by atoms with Crippen molar-refractivity contribution >= 4 is 0 Å². The number of halogens is 4. The number of aromatic nitrogens is 5. The molecule has 3 aromatic heterocycles. The van der Waals surface area contributed by atoms with Gasteiger partial charge in [-0.25, -0.2) is 19.6 Å². The SMILES string of the molecule is O=c1ccc(-c2cnc(OCC(F)(F)F)nc2)nn1Cc1cccc(F)n1. The molecule has 27 heavy (non-hydrogen) atoms. The molecule has 7 nitrogen and oxygen atoms in total. The van der Waals surface area contributed by atoms with Crippen LogP contribution in [0.25, 0.3) is 11.3 Å². The minimum atomic E-state index is -4.50. The van der Waals surface area contributed by atoms with Crippen molar-refractivity contribution in [2.45, 2.75) is 12.7 Å². The molecule has 0 spiro atoms. The Bertz CT molecular complexity index is 989. The second kappa shape index (κ2) is 7.48. The summed E-state index contributed by atoms with van der Waals surface area (Å²) < 4.78 is 55.0. The summed E-state index contributed by atoms with van der Waals surface area (Å²) in [6.07, 6.45) is -2.06. The predicted molar refractivity (Wildman–Crippen MR) is 84.4 cm³/mol. The summed E-state index contributed by atoms with van der Waals surface area (Å²) in [5, 5.41) is 4.12. The van der Waals surface area contributed by atoms with Crippen LogP contribution in [0.3, 0.4) is 0 Å². The van der Waals surface area contributed by atoms with Gasteiger partial charge < -0.3 is 4.74 Å². The van der Waals surface area contributed by atoms with Gasteiger partial charge in [-0.15, -0.1) is 0 Å². The molecule has 0 aliphatic heterocycles. The van der Waals surface area contributed by atoms with Gasteiger partial charge in [0.1, 0.15) is 0 Å². The maximum absolute atomic E-state index is 13.2. The van der Waals surface area contributed by atoms with E-state index < -0.39 is 30.3 Å². The van der Waals surface area contributed by atoms with Crippen LogP contribution in [0, 0.1) is 5.95 Å². The highest BCUT2D eigenvalue weighted by molar-refractivity contribution is 5.55. The maximum atomic E-state index is 13.2. The molecule has 0 amide bonds. The number of pyridine rings is 1. The third kappa shape index (κ3) is 5.06. The fourth-order valence-electron chi connectivity index (χ4n) is 2.08. The molecule has 0 N–H and O–H groups in total. The standard InChI is InChI=1S/C16H11F4N5O2/c17-13-3-1-2-11(23-13)8-25-14(26)5-4-12(24-25)10-6-21-15(22-7-10)27-9-16(18,19)20/h1-7H,8-9H2. The smallest absolute Gasteiger partial charge is 0.422 e. The molecule has 0 fully saturated rings. The van der Waals surface area contributed by atoms with Gasteiger partial charge in [0.15, 0.2) is 6.61 Å². The van der Waals surface area contributed by atoms with Crippen LogP contribution >= 0.6 is 0 Å². The number of alkyl halides is 3. The molecule has 0 aliphatic rings. The Hall–Kier alpha value is -3.37. The van der Waals surface area contributed by atoms with Gasteiger partial charge in [0.2, 0.25) is 5.95 Å². The van der Waals surface area contributed by atoms with Gasteiger partial charge in [-0.05, 0) is 18.2 Å². The van der Waals surface area contributed by atoms with Crippen LogP contribution in [-0.4, -0.2) is 37.5 Å². The molecule has 0 radical (unpaired) electrons. The fraction of sp³-hybridized carbons (Fsp3) is 0.188. The lowest BCUT2D eigenvalue weighted by Gasteiger charge is -2.08. The van der Waals surface area contributed by atoms with E-state index in [0.717, 1.165) is 4.68 Å². The lowest BCUT2D eigenvalue weighted by molar-refractivity contribution is -0.154.